The second-order valence-corrected chi connectivity index (χ2v) is 5.52. The average Bonchev–Trinajstić information content (AvgIpc) is 2.93. The lowest BCUT2D eigenvalue weighted by Gasteiger charge is -2.21. The normalized spacial score (nSPS) is 17.4. The number of nitrogens with zero attached hydrogens (tertiary/aromatic N) is 1. The molecule has 1 aliphatic rings. The number of thioether (sulfide) groups is 1. The first-order valence-corrected chi connectivity index (χ1v) is 7.31. The Morgan fingerprint density at radius 3 is 2.67 bits per heavy atom. The zero-order valence-corrected chi connectivity index (χ0v) is 13.1. The average molecular weight is 339 g/mol. The molecule has 0 aromatic heterocycles. The Balaban J connectivity index is 0.00000220. The smallest absolute Gasteiger partial charge is 0.387 e. The predicted octanol–water partition coefficient (Wildman–Crippen LogP) is 2.33. The van der Waals surface area contributed by atoms with Gasteiger partial charge in [-0.05, 0) is 17.7 Å². The fourth-order valence-corrected chi connectivity index (χ4v) is 2.88. The summed E-state index contributed by atoms with van der Waals surface area (Å²) >= 11 is 1.70. The molecule has 1 saturated heterocycles. The van der Waals surface area contributed by atoms with Crippen molar-refractivity contribution in [3.63, 3.8) is 0 Å². The predicted molar refractivity (Wildman–Crippen MR) is 81.0 cm³/mol. The van der Waals surface area contributed by atoms with Crippen LogP contribution in [0.5, 0.6) is 5.75 Å². The van der Waals surface area contributed by atoms with Gasteiger partial charge in [-0.3, -0.25) is 10.1 Å². The van der Waals surface area contributed by atoms with Crippen LogP contribution in [-0.2, 0) is 11.3 Å². The molecule has 1 aliphatic heterocycles. The van der Waals surface area contributed by atoms with Crippen molar-refractivity contribution in [1.82, 2.24) is 10.2 Å². The molecule has 4 nitrogen and oxygen atoms in total. The summed E-state index contributed by atoms with van der Waals surface area (Å²) < 4.78 is 28.3. The summed E-state index contributed by atoms with van der Waals surface area (Å²) in [6, 6.07) is 6.18. The van der Waals surface area contributed by atoms with Crippen LogP contribution in [0.2, 0.25) is 0 Å². The topological polar surface area (TPSA) is 41.6 Å². The SMILES string of the molecule is CN(Cc1ccc(OC(F)F)cc1)C(=O)C1CSCN1.Cl. The van der Waals surface area contributed by atoms with Gasteiger partial charge in [0, 0.05) is 25.2 Å². The molecule has 0 saturated carbocycles. The fraction of sp³-hybridized carbons (Fsp3) is 0.462. The van der Waals surface area contributed by atoms with E-state index >= 15 is 0 Å². The minimum atomic E-state index is -2.82. The minimum absolute atomic E-state index is 0. The van der Waals surface area contributed by atoms with Gasteiger partial charge < -0.3 is 9.64 Å². The third kappa shape index (κ3) is 5.33. The molecule has 0 aliphatic carbocycles. The number of carbonyl (C=O) groups excluding carboxylic acids is 1. The first-order chi connectivity index (χ1) is 9.56. The van der Waals surface area contributed by atoms with Gasteiger partial charge in [0.15, 0.2) is 0 Å². The van der Waals surface area contributed by atoms with Gasteiger partial charge >= 0.3 is 6.61 Å². The number of alkyl halides is 2. The van der Waals surface area contributed by atoms with Crippen LogP contribution in [0, 0.1) is 0 Å². The van der Waals surface area contributed by atoms with E-state index in [4.69, 9.17) is 0 Å². The molecule has 1 fully saturated rings. The molecule has 1 amide bonds. The zero-order chi connectivity index (χ0) is 14.5. The highest BCUT2D eigenvalue weighted by molar-refractivity contribution is 7.99. The molecule has 1 N–H and O–H groups in total. The summed E-state index contributed by atoms with van der Waals surface area (Å²) in [4.78, 5) is 13.7. The van der Waals surface area contributed by atoms with Crippen LogP contribution in [0.1, 0.15) is 5.56 Å². The van der Waals surface area contributed by atoms with Crippen molar-refractivity contribution in [3.05, 3.63) is 29.8 Å². The van der Waals surface area contributed by atoms with Gasteiger partial charge in [0.2, 0.25) is 5.91 Å². The Bertz CT molecular complexity index is 456. The van der Waals surface area contributed by atoms with Gasteiger partial charge in [-0.25, -0.2) is 0 Å². The highest BCUT2D eigenvalue weighted by Crippen LogP contribution is 2.17. The molecule has 2 rings (SSSR count). The van der Waals surface area contributed by atoms with Crippen LogP contribution >= 0.6 is 24.2 Å². The number of rotatable bonds is 5. The molecule has 8 heteroatoms. The van der Waals surface area contributed by atoms with Gasteiger partial charge in [0.05, 0.1) is 6.04 Å². The second-order valence-electron chi connectivity index (χ2n) is 4.49. The van der Waals surface area contributed by atoms with Crippen LogP contribution in [-0.4, -0.2) is 42.1 Å². The Morgan fingerprint density at radius 2 is 2.14 bits per heavy atom. The number of hydrogen-bond acceptors (Lipinski definition) is 4. The third-order valence-corrected chi connectivity index (χ3v) is 3.90. The summed E-state index contributed by atoms with van der Waals surface area (Å²) in [6.07, 6.45) is 0. The van der Waals surface area contributed by atoms with Crippen LogP contribution < -0.4 is 10.1 Å². The highest BCUT2D eigenvalue weighted by atomic mass is 35.5. The van der Waals surface area contributed by atoms with Crippen molar-refractivity contribution in [2.45, 2.75) is 19.2 Å². The second kappa shape index (κ2) is 8.41. The monoisotopic (exact) mass is 338 g/mol. The molecule has 1 unspecified atom stereocenters. The summed E-state index contributed by atoms with van der Waals surface area (Å²) in [6.45, 7) is -2.38. The maximum atomic E-state index is 12.1. The standard InChI is InChI=1S/C13H16F2N2O2S.ClH/c1-17(12(18)11-7-20-8-16-11)6-9-2-4-10(5-3-9)19-13(14)15;/h2-5,11,13,16H,6-8H2,1H3;1H. The Hall–Kier alpha value is -1.05. The van der Waals surface area contributed by atoms with E-state index in [1.54, 1.807) is 35.8 Å². The summed E-state index contributed by atoms with van der Waals surface area (Å²) in [5, 5.41) is 3.12. The van der Waals surface area contributed by atoms with Gasteiger partial charge in [0.1, 0.15) is 5.75 Å². The van der Waals surface area contributed by atoms with E-state index in [1.807, 2.05) is 0 Å². The first kappa shape index (κ1) is 18.0. The van der Waals surface area contributed by atoms with Crippen LogP contribution in [0.4, 0.5) is 8.78 Å². The zero-order valence-electron chi connectivity index (χ0n) is 11.4. The number of hydrogen-bond donors (Lipinski definition) is 1. The molecule has 1 aromatic rings. The Labute approximate surface area is 132 Å². The Kier molecular flexibility index (Phi) is 7.21. The maximum absolute atomic E-state index is 12.1. The van der Waals surface area contributed by atoms with Gasteiger partial charge in [0.25, 0.3) is 0 Å². The lowest BCUT2D eigenvalue weighted by molar-refractivity contribution is -0.131. The molecule has 1 heterocycles. The van der Waals surface area contributed by atoms with Crippen molar-refractivity contribution in [3.8, 4) is 5.75 Å². The summed E-state index contributed by atoms with van der Waals surface area (Å²) in [5.41, 5.74) is 0.869. The molecule has 1 atom stereocenters. The molecule has 0 spiro atoms. The molecular weight excluding hydrogens is 322 g/mol. The van der Waals surface area contributed by atoms with E-state index in [9.17, 15) is 13.6 Å². The number of benzene rings is 1. The first-order valence-electron chi connectivity index (χ1n) is 6.16. The van der Waals surface area contributed by atoms with E-state index in [1.165, 1.54) is 12.1 Å². The van der Waals surface area contributed by atoms with Crippen LogP contribution in [0.25, 0.3) is 0 Å². The number of halogens is 3. The van der Waals surface area contributed by atoms with Crippen molar-refractivity contribution in [2.24, 2.45) is 0 Å². The van der Waals surface area contributed by atoms with Crippen molar-refractivity contribution in [1.29, 1.82) is 0 Å². The van der Waals surface area contributed by atoms with Crippen molar-refractivity contribution in [2.75, 3.05) is 18.7 Å². The maximum Gasteiger partial charge on any atom is 0.387 e. The van der Waals surface area contributed by atoms with Gasteiger partial charge in [-0.15, -0.1) is 24.2 Å². The molecule has 0 radical (unpaired) electrons. The molecule has 0 bridgehead atoms. The van der Waals surface area contributed by atoms with Gasteiger partial charge in [-0.2, -0.15) is 8.78 Å². The summed E-state index contributed by atoms with van der Waals surface area (Å²) in [5.74, 6) is 1.74. The van der Waals surface area contributed by atoms with Crippen molar-refractivity contribution < 1.29 is 18.3 Å². The van der Waals surface area contributed by atoms with Crippen LogP contribution in [0.3, 0.4) is 0 Å². The fourth-order valence-electron chi connectivity index (χ4n) is 1.95. The number of nitrogens with one attached hydrogen (secondary N) is 1. The number of carbonyl (C=O) groups is 1. The molecule has 118 valence electrons. The number of ether oxygens (including phenoxy) is 1. The van der Waals surface area contributed by atoms with Gasteiger partial charge in [-0.1, -0.05) is 12.1 Å². The third-order valence-electron chi connectivity index (χ3n) is 2.96. The largest absolute Gasteiger partial charge is 0.435 e. The van der Waals surface area contributed by atoms with E-state index in [0.29, 0.717) is 6.54 Å². The quantitative estimate of drug-likeness (QED) is 0.894. The lowest BCUT2D eigenvalue weighted by atomic mass is 10.2. The van der Waals surface area contributed by atoms with Crippen LogP contribution in [0.15, 0.2) is 24.3 Å². The van der Waals surface area contributed by atoms with E-state index < -0.39 is 6.61 Å². The van der Waals surface area contributed by atoms with E-state index in [0.717, 1.165) is 17.2 Å². The molecule has 21 heavy (non-hydrogen) atoms. The Morgan fingerprint density at radius 1 is 1.48 bits per heavy atom. The minimum Gasteiger partial charge on any atom is -0.435 e. The van der Waals surface area contributed by atoms with E-state index in [2.05, 4.69) is 10.1 Å². The number of amides is 1. The number of likely N-dealkylation sites (N-methyl/N-ethyl adjacent to an activating group) is 1. The lowest BCUT2D eigenvalue weighted by Crippen LogP contribution is -2.42. The molecule has 1 aromatic carbocycles. The summed E-state index contributed by atoms with van der Waals surface area (Å²) in [7, 11) is 1.73. The van der Waals surface area contributed by atoms with E-state index in [-0.39, 0.29) is 30.1 Å². The highest BCUT2D eigenvalue weighted by Gasteiger charge is 2.25. The molecular formula is C13H17ClF2N2O2S. The van der Waals surface area contributed by atoms with Crippen molar-refractivity contribution >= 4 is 30.1 Å².